The van der Waals surface area contributed by atoms with Gasteiger partial charge in [0, 0.05) is 6.42 Å². The summed E-state index contributed by atoms with van der Waals surface area (Å²) in [6, 6.07) is -0.729. The summed E-state index contributed by atoms with van der Waals surface area (Å²) < 4.78 is 5.88. The molecular formula is C53H91NO5. The zero-order chi connectivity index (χ0) is 43.1. The quantitative estimate of drug-likeness (QED) is 0.0247. The summed E-state index contributed by atoms with van der Waals surface area (Å²) in [5.74, 6) is -0.560. The third-order valence-corrected chi connectivity index (χ3v) is 10.6. The Morgan fingerprint density at radius 2 is 0.949 bits per heavy atom. The molecule has 0 saturated heterocycles. The highest BCUT2D eigenvalue weighted by atomic mass is 16.5. The maximum absolute atomic E-state index is 13.1. The van der Waals surface area contributed by atoms with E-state index in [1.807, 2.05) is 60.8 Å². The van der Waals surface area contributed by atoms with E-state index in [2.05, 4.69) is 50.4 Å². The molecule has 0 aromatic rings. The molecule has 0 heterocycles. The van der Waals surface area contributed by atoms with Crippen molar-refractivity contribution in [1.29, 1.82) is 0 Å². The molecule has 3 unspecified atom stereocenters. The number of nitrogens with one attached hydrogen (secondary N) is 1. The largest absolute Gasteiger partial charge is 0.462 e. The number of rotatable bonds is 42. The van der Waals surface area contributed by atoms with Crippen molar-refractivity contribution in [3.63, 3.8) is 0 Å². The lowest BCUT2D eigenvalue weighted by Gasteiger charge is -2.24. The molecule has 6 nitrogen and oxygen atoms in total. The lowest BCUT2D eigenvalue weighted by atomic mass is 10.0. The average Bonchev–Trinajstić information content (AvgIpc) is 3.23. The molecule has 0 rings (SSSR count). The maximum atomic E-state index is 13.1. The van der Waals surface area contributed by atoms with Crippen molar-refractivity contribution in [3.8, 4) is 0 Å². The van der Waals surface area contributed by atoms with Crippen molar-refractivity contribution >= 4 is 11.9 Å². The number of allylic oxidation sites excluding steroid dienone is 14. The van der Waals surface area contributed by atoms with E-state index in [0.29, 0.717) is 19.3 Å². The normalized spacial score (nSPS) is 14.1. The second-order valence-corrected chi connectivity index (χ2v) is 16.3. The Hall–Kier alpha value is -2.96. The molecule has 59 heavy (non-hydrogen) atoms. The summed E-state index contributed by atoms with van der Waals surface area (Å²) in [4.78, 5) is 26.1. The summed E-state index contributed by atoms with van der Waals surface area (Å²) in [7, 11) is 0. The lowest BCUT2D eigenvalue weighted by molar-refractivity contribution is -0.151. The van der Waals surface area contributed by atoms with E-state index in [1.54, 1.807) is 0 Å². The van der Waals surface area contributed by atoms with Crippen LogP contribution in [0.4, 0.5) is 0 Å². The van der Waals surface area contributed by atoms with E-state index in [0.717, 1.165) is 57.8 Å². The Balaban J connectivity index is 4.76. The minimum absolute atomic E-state index is 0.0211. The van der Waals surface area contributed by atoms with Crippen LogP contribution in [0.5, 0.6) is 0 Å². The summed E-state index contributed by atoms with van der Waals surface area (Å²) >= 11 is 0. The van der Waals surface area contributed by atoms with Gasteiger partial charge in [-0.05, 0) is 64.2 Å². The van der Waals surface area contributed by atoms with Crippen molar-refractivity contribution in [2.24, 2.45) is 0 Å². The fourth-order valence-corrected chi connectivity index (χ4v) is 6.93. The molecule has 0 bridgehead atoms. The molecule has 0 saturated carbocycles. The number of esters is 1. The molecule has 0 aliphatic heterocycles. The molecule has 6 heteroatoms. The molecule has 0 aromatic heterocycles. The molecule has 3 N–H and O–H groups in total. The van der Waals surface area contributed by atoms with Gasteiger partial charge in [-0.1, -0.05) is 221 Å². The van der Waals surface area contributed by atoms with Gasteiger partial charge in [0.2, 0.25) is 5.91 Å². The van der Waals surface area contributed by atoms with E-state index >= 15 is 0 Å². The summed E-state index contributed by atoms with van der Waals surface area (Å²) in [6.45, 7) is 6.28. The summed E-state index contributed by atoms with van der Waals surface area (Å²) in [6.07, 6.45) is 59.3. The molecule has 1 amide bonds. The zero-order valence-electron chi connectivity index (χ0n) is 38.4. The van der Waals surface area contributed by atoms with E-state index in [1.165, 1.54) is 109 Å². The first kappa shape index (κ1) is 56.0. The third-order valence-electron chi connectivity index (χ3n) is 10.6. The molecular weight excluding hydrogens is 731 g/mol. The van der Waals surface area contributed by atoms with Gasteiger partial charge in [-0.3, -0.25) is 9.59 Å². The predicted octanol–water partition coefficient (Wildman–Crippen LogP) is 14.4. The summed E-state index contributed by atoms with van der Waals surface area (Å²) in [5.41, 5.74) is 0. The molecule has 0 aliphatic carbocycles. The molecule has 0 fully saturated rings. The van der Waals surface area contributed by atoms with Gasteiger partial charge in [0.1, 0.15) is 6.10 Å². The van der Waals surface area contributed by atoms with Gasteiger partial charge in [-0.2, -0.15) is 0 Å². The molecule has 338 valence electrons. The van der Waals surface area contributed by atoms with Crippen LogP contribution in [0.3, 0.4) is 0 Å². The van der Waals surface area contributed by atoms with Crippen LogP contribution in [0, 0.1) is 0 Å². The first-order chi connectivity index (χ1) is 29.0. The van der Waals surface area contributed by atoms with Crippen molar-refractivity contribution in [3.05, 3.63) is 85.1 Å². The SMILES string of the molecule is CC\C=C/C=C/C=C/C=C\C=C\C=C\CCCC(CC(=O)NC(CO)C(O)CCCCCCCCCCCC)OC(=O)CCCCCCCCC/C=C\CCCCCC. The minimum atomic E-state index is -0.810. The number of hydrogen-bond acceptors (Lipinski definition) is 5. The van der Waals surface area contributed by atoms with E-state index in [4.69, 9.17) is 4.74 Å². The molecule has 0 aromatic carbocycles. The van der Waals surface area contributed by atoms with E-state index in [-0.39, 0.29) is 24.9 Å². The fourth-order valence-electron chi connectivity index (χ4n) is 6.93. The van der Waals surface area contributed by atoms with Gasteiger partial charge in [-0.15, -0.1) is 0 Å². The van der Waals surface area contributed by atoms with Gasteiger partial charge in [0.15, 0.2) is 0 Å². The van der Waals surface area contributed by atoms with E-state index < -0.39 is 18.2 Å². The van der Waals surface area contributed by atoms with Crippen LogP contribution in [-0.4, -0.2) is 46.9 Å². The van der Waals surface area contributed by atoms with Gasteiger partial charge < -0.3 is 20.3 Å². The highest BCUT2D eigenvalue weighted by Gasteiger charge is 2.24. The Morgan fingerprint density at radius 1 is 0.508 bits per heavy atom. The first-order valence-corrected chi connectivity index (χ1v) is 24.4. The monoisotopic (exact) mass is 822 g/mol. The maximum Gasteiger partial charge on any atom is 0.306 e. The number of carbonyl (C=O) groups is 2. The standard InChI is InChI=1S/C53H91NO5/c1-4-7-10-13-16-19-22-24-26-28-30-32-35-38-41-44-49(59-53(58)46-43-40-37-34-31-29-27-25-23-20-17-14-11-8-5-2)47-52(57)54-50(48-55)51(56)45-42-39-36-33-21-18-15-12-9-6-3/h7,10,13,16,19-20,22-24,26,28,30,32,35,49-51,55-56H,4-6,8-9,11-12,14-15,17-18,21,25,27,29,31,33-34,36-48H2,1-3H3,(H,54,57)/b10-7-,16-13+,22-19+,23-20-,26-24-,30-28+,35-32+. The Kier molecular flexibility index (Phi) is 43.8. The topological polar surface area (TPSA) is 95.9 Å². The number of hydrogen-bond donors (Lipinski definition) is 3. The van der Waals surface area contributed by atoms with Gasteiger partial charge in [0.25, 0.3) is 0 Å². The fraction of sp³-hybridized carbons (Fsp3) is 0.698. The number of aliphatic hydroxyl groups excluding tert-OH is 2. The Bertz CT molecular complexity index is 1150. The van der Waals surface area contributed by atoms with Crippen LogP contribution in [0.25, 0.3) is 0 Å². The Morgan fingerprint density at radius 3 is 1.47 bits per heavy atom. The number of carbonyl (C=O) groups excluding carboxylic acids is 2. The van der Waals surface area contributed by atoms with Crippen LogP contribution in [0.2, 0.25) is 0 Å². The molecule has 0 spiro atoms. The second-order valence-electron chi connectivity index (χ2n) is 16.3. The van der Waals surface area contributed by atoms with Crippen LogP contribution in [0.1, 0.15) is 213 Å². The van der Waals surface area contributed by atoms with Crippen LogP contribution < -0.4 is 5.32 Å². The van der Waals surface area contributed by atoms with Crippen molar-refractivity contribution in [2.75, 3.05) is 6.61 Å². The van der Waals surface area contributed by atoms with Crippen molar-refractivity contribution < 1.29 is 24.5 Å². The zero-order valence-corrected chi connectivity index (χ0v) is 38.4. The smallest absolute Gasteiger partial charge is 0.306 e. The van der Waals surface area contributed by atoms with Crippen LogP contribution in [0.15, 0.2) is 85.1 Å². The van der Waals surface area contributed by atoms with Gasteiger partial charge >= 0.3 is 5.97 Å². The van der Waals surface area contributed by atoms with Crippen LogP contribution >= 0.6 is 0 Å². The Labute approximate surface area is 363 Å². The molecule has 0 aliphatic rings. The summed E-state index contributed by atoms with van der Waals surface area (Å²) in [5, 5.41) is 23.6. The van der Waals surface area contributed by atoms with E-state index in [9.17, 15) is 19.8 Å². The van der Waals surface area contributed by atoms with Crippen molar-refractivity contribution in [2.45, 2.75) is 232 Å². The number of aliphatic hydroxyl groups is 2. The van der Waals surface area contributed by atoms with Gasteiger partial charge in [-0.25, -0.2) is 0 Å². The second kappa shape index (κ2) is 46.1. The third kappa shape index (κ3) is 41.6. The highest BCUT2D eigenvalue weighted by molar-refractivity contribution is 5.77. The highest BCUT2D eigenvalue weighted by Crippen LogP contribution is 2.16. The van der Waals surface area contributed by atoms with Crippen LogP contribution in [-0.2, 0) is 14.3 Å². The van der Waals surface area contributed by atoms with Crippen molar-refractivity contribution in [1.82, 2.24) is 5.32 Å². The minimum Gasteiger partial charge on any atom is -0.462 e. The average molecular weight is 822 g/mol. The van der Waals surface area contributed by atoms with Gasteiger partial charge in [0.05, 0.1) is 25.2 Å². The predicted molar refractivity (Wildman–Crippen MR) is 254 cm³/mol. The number of unbranched alkanes of at least 4 members (excludes halogenated alkanes) is 21. The number of ether oxygens (including phenoxy) is 1. The molecule has 0 radical (unpaired) electrons. The number of amides is 1. The lowest BCUT2D eigenvalue weighted by Crippen LogP contribution is -2.46. The first-order valence-electron chi connectivity index (χ1n) is 24.4. The molecule has 3 atom stereocenters.